The third-order valence-corrected chi connectivity index (χ3v) is 7.00. The highest BCUT2D eigenvalue weighted by Crippen LogP contribution is 2.34. The van der Waals surface area contributed by atoms with Crippen LogP contribution in [0.25, 0.3) is 0 Å². The van der Waals surface area contributed by atoms with Gasteiger partial charge in [0.2, 0.25) is 5.95 Å². The van der Waals surface area contributed by atoms with Crippen LogP contribution in [-0.2, 0) is 0 Å². The van der Waals surface area contributed by atoms with Crippen LogP contribution in [0.1, 0.15) is 49.9 Å². The van der Waals surface area contributed by atoms with E-state index in [9.17, 15) is 5.11 Å². The van der Waals surface area contributed by atoms with Crippen LogP contribution in [-0.4, -0.2) is 46.1 Å². The van der Waals surface area contributed by atoms with Crippen molar-refractivity contribution in [1.82, 2.24) is 9.97 Å². The van der Waals surface area contributed by atoms with E-state index in [-0.39, 0.29) is 12.6 Å². The molecule has 8 heteroatoms. The number of aliphatic hydroxyl groups is 1. The molecule has 1 saturated carbocycles. The number of ether oxygens (including phenoxy) is 1. The predicted octanol–water partition coefficient (Wildman–Crippen LogP) is 6.89. The van der Waals surface area contributed by atoms with Crippen molar-refractivity contribution < 1.29 is 9.84 Å². The number of para-hydroxylation sites is 2. The summed E-state index contributed by atoms with van der Waals surface area (Å²) in [4.78, 5) is 14.6. The molecule has 1 fully saturated rings. The van der Waals surface area contributed by atoms with E-state index in [1.807, 2.05) is 82.5 Å². The normalized spacial score (nSPS) is 17.1. The van der Waals surface area contributed by atoms with Crippen molar-refractivity contribution in [3.8, 4) is 5.75 Å². The number of aromatic nitrogens is 2. The summed E-state index contributed by atoms with van der Waals surface area (Å²) in [7, 11) is 1.66. The molecule has 0 spiro atoms. The lowest BCUT2D eigenvalue weighted by atomic mass is 10.1. The minimum atomic E-state index is 0.221. The molecular weight excluding hydrogens is 482 g/mol. The molecule has 4 rings (SSSR count). The van der Waals surface area contributed by atoms with Gasteiger partial charge < -0.3 is 20.5 Å². The van der Waals surface area contributed by atoms with E-state index in [0.717, 1.165) is 64.1 Å². The van der Waals surface area contributed by atoms with Gasteiger partial charge in [0, 0.05) is 12.6 Å². The maximum absolute atomic E-state index is 9.62. The second kappa shape index (κ2) is 14.0. The molecule has 198 valence electrons. The number of aliphatic imine (C=N–C) groups is 1. The van der Waals surface area contributed by atoms with Gasteiger partial charge in [-0.25, -0.2) is 9.98 Å². The number of aryl methyl sites for hydroxylation is 2. The smallest absolute Gasteiger partial charge is 0.229 e. The van der Waals surface area contributed by atoms with Crippen molar-refractivity contribution in [1.29, 1.82) is 0 Å². The molecule has 0 aliphatic heterocycles. The Bertz CT molecular complexity index is 1190. The lowest BCUT2D eigenvalue weighted by molar-refractivity contribution is 0.229. The van der Waals surface area contributed by atoms with Crippen LogP contribution in [0.5, 0.6) is 5.75 Å². The zero-order chi connectivity index (χ0) is 26.8. The maximum atomic E-state index is 9.62. The van der Waals surface area contributed by atoms with Gasteiger partial charge in [0.1, 0.15) is 16.6 Å². The van der Waals surface area contributed by atoms with Crippen LogP contribution >= 0.6 is 11.8 Å². The Balaban J connectivity index is 0.00000186. The lowest BCUT2D eigenvalue weighted by Gasteiger charge is -2.20. The molecule has 37 heavy (non-hydrogen) atoms. The number of hydrogen-bond acceptors (Lipinski definition) is 8. The minimum Gasteiger partial charge on any atom is -0.495 e. The summed E-state index contributed by atoms with van der Waals surface area (Å²) in [5.41, 5.74) is 4.50. The van der Waals surface area contributed by atoms with Gasteiger partial charge in [0.15, 0.2) is 0 Å². The van der Waals surface area contributed by atoms with Crippen LogP contribution in [0.2, 0.25) is 0 Å². The molecule has 1 aliphatic carbocycles. The molecule has 0 radical (unpaired) electrons. The Hall–Kier alpha value is -3.10. The summed E-state index contributed by atoms with van der Waals surface area (Å²) < 4.78 is 5.56. The standard InChI is InChI=1S/C27H33N5O2S.C2H6/c1-17-9-8-12-22(34-3)24(17)31-27-28-18(2)23(26(35-4)30-20-10-6-5-7-11-20)25(32-27)29-21-14-13-19(15-21)16-33;1-2/h5-12,19,21,33H,13-16H2,1-4H3,(H2,28,29,31,32);1-2H3/t19?,21-;/m0./s1. The van der Waals surface area contributed by atoms with E-state index in [2.05, 4.69) is 10.6 Å². The quantitative estimate of drug-likeness (QED) is 0.220. The van der Waals surface area contributed by atoms with Crippen molar-refractivity contribution in [3.63, 3.8) is 0 Å². The molecule has 0 bridgehead atoms. The summed E-state index contributed by atoms with van der Waals surface area (Å²) in [5, 5.41) is 17.5. The minimum absolute atomic E-state index is 0.221. The van der Waals surface area contributed by atoms with Gasteiger partial charge in [0.25, 0.3) is 0 Å². The van der Waals surface area contributed by atoms with Gasteiger partial charge in [-0.1, -0.05) is 44.2 Å². The van der Waals surface area contributed by atoms with Crippen molar-refractivity contribution >= 4 is 39.9 Å². The number of aliphatic hydroxyl groups excluding tert-OH is 1. The first-order valence-electron chi connectivity index (χ1n) is 12.9. The average molecular weight is 522 g/mol. The summed E-state index contributed by atoms with van der Waals surface area (Å²) in [6.07, 6.45) is 4.93. The summed E-state index contributed by atoms with van der Waals surface area (Å²) >= 11 is 1.58. The summed E-state index contributed by atoms with van der Waals surface area (Å²) in [6.45, 7) is 8.24. The Kier molecular flexibility index (Phi) is 10.8. The van der Waals surface area contributed by atoms with E-state index in [1.165, 1.54) is 0 Å². The molecule has 0 amide bonds. The molecular formula is C29H39N5O2S. The molecule has 7 nitrogen and oxygen atoms in total. The van der Waals surface area contributed by atoms with Gasteiger partial charge in [-0.3, -0.25) is 0 Å². The third kappa shape index (κ3) is 7.23. The SMILES string of the molecule is CC.COc1cccc(C)c1Nc1nc(C)c(C(=Nc2ccccc2)SC)c(N[C@H]2CCC(CO)C2)n1. The largest absolute Gasteiger partial charge is 0.495 e. The Morgan fingerprint density at radius 3 is 2.49 bits per heavy atom. The van der Waals surface area contributed by atoms with E-state index < -0.39 is 0 Å². The monoisotopic (exact) mass is 521 g/mol. The number of thioether (sulfide) groups is 1. The second-order valence-corrected chi connectivity index (χ2v) is 9.59. The average Bonchev–Trinajstić information content (AvgIpc) is 3.38. The fraction of sp³-hybridized carbons (Fsp3) is 0.414. The number of nitrogens with zero attached hydrogens (tertiary/aromatic N) is 3. The highest BCUT2D eigenvalue weighted by atomic mass is 32.2. The first kappa shape index (κ1) is 28.5. The van der Waals surface area contributed by atoms with E-state index in [4.69, 9.17) is 19.7 Å². The first-order valence-corrected chi connectivity index (χ1v) is 14.1. The zero-order valence-electron chi connectivity index (χ0n) is 22.7. The maximum Gasteiger partial charge on any atom is 0.229 e. The van der Waals surface area contributed by atoms with Gasteiger partial charge in [-0.05, 0) is 69.0 Å². The second-order valence-electron chi connectivity index (χ2n) is 8.79. The van der Waals surface area contributed by atoms with Gasteiger partial charge >= 0.3 is 0 Å². The molecule has 0 saturated heterocycles. The number of methoxy groups -OCH3 is 1. The number of rotatable bonds is 8. The number of nitrogens with one attached hydrogen (secondary N) is 2. The van der Waals surface area contributed by atoms with Gasteiger partial charge in [-0.15, -0.1) is 11.8 Å². The predicted molar refractivity (Wildman–Crippen MR) is 157 cm³/mol. The van der Waals surface area contributed by atoms with E-state index >= 15 is 0 Å². The van der Waals surface area contributed by atoms with Crippen LogP contribution in [0.3, 0.4) is 0 Å². The molecule has 1 heterocycles. The lowest BCUT2D eigenvalue weighted by Crippen LogP contribution is -2.21. The van der Waals surface area contributed by atoms with E-state index in [0.29, 0.717) is 11.9 Å². The van der Waals surface area contributed by atoms with Crippen molar-refractivity contribution in [2.45, 2.75) is 53.0 Å². The highest BCUT2D eigenvalue weighted by molar-refractivity contribution is 8.13. The Morgan fingerprint density at radius 2 is 1.84 bits per heavy atom. The topological polar surface area (TPSA) is 91.7 Å². The number of benzene rings is 2. The molecule has 1 aliphatic rings. The number of anilines is 3. The van der Waals surface area contributed by atoms with Crippen LogP contribution in [0, 0.1) is 19.8 Å². The van der Waals surface area contributed by atoms with Crippen molar-refractivity contribution in [2.75, 3.05) is 30.6 Å². The van der Waals surface area contributed by atoms with Crippen molar-refractivity contribution in [3.05, 3.63) is 65.4 Å². The van der Waals surface area contributed by atoms with Crippen LogP contribution in [0.4, 0.5) is 23.1 Å². The zero-order valence-corrected chi connectivity index (χ0v) is 23.5. The van der Waals surface area contributed by atoms with E-state index in [1.54, 1.807) is 18.9 Å². The number of hydrogen-bond donors (Lipinski definition) is 3. The fourth-order valence-corrected chi connectivity index (χ4v) is 5.11. The Labute approximate surface area is 225 Å². The van der Waals surface area contributed by atoms with Gasteiger partial charge in [0.05, 0.1) is 29.7 Å². The van der Waals surface area contributed by atoms with Crippen LogP contribution in [0.15, 0.2) is 53.5 Å². The summed E-state index contributed by atoms with van der Waals surface area (Å²) in [5.74, 6) is 2.31. The molecule has 1 aromatic heterocycles. The molecule has 1 unspecified atom stereocenters. The first-order chi connectivity index (χ1) is 18.0. The van der Waals surface area contributed by atoms with Gasteiger partial charge in [-0.2, -0.15) is 4.98 Å². The third-order valence-electron chi connectivity index (χ3n) is 6.32. The highest BCUT2D eigenvalue weighted by Gasteiger charge is 2.27. The molecule has 2 aromatic carbocycles. The fourth-order valence-electron chi connectivity index (χ4n) is 4.46. The molecule has 2 atom stereocenters. The van der Waals surface area contributed by atoms with Crippen LogP contribution < -0.4 is 15.4 Å². The Morgan fingerprint density at radius 1 is 1.08 bits per heavy atom. The molecule has 3 aromatic rings. The van der Waals surface area contributed by atoms with Crippen molar-refractivity contribution in [2.24, 2.45) is 10.9 Å². The summed E-state index contributed by atoms with van der Waals surface area (Å²) in [6, 6.07) is 16.1. The molecule has 3 N–H and O–H groups in total.